The van der Waals surface area contributed by atoms with Crippen LogP contribution in [0.5, 0.6) is 0 Å². The van der Waals surface area contributed by atoms with Crippen LogP contribution < -0.4 is 10.6 Å². The van der Waals surface area contributed by atoms with Gasteiger partial charge in [-0.3, -0.25) is 0 Å². The van der Waals surface area contributed by atoms with Crippen LogP contribution in [-0.2, 0) is 0 Å². The lowest BCUT2D eigenvalue weighted by atomic mass is 10.4. The van der Waals surface area contributed by atoms with Gasteiger partial charge in [0.15, 0.2) is 0 Å². The molecule has 2 rings (SSSR count). The summed E-state index contributed by atoms with van der Waals surface area (Å²) >= 11 is 0. The Labute approximate surface area is 92.7 Å². The van der Waals surface area contributed by atoms with Crippen molar-refractivity contribution in [1.29, 1.82) is 0 Å². The topological polar surface area (TPSA) is 0 Å². The van der Waals surface area contributed by atoms with Crippen molar-refractivity contribution in [3.05, 3.63) is 66.8 Å². The van der Waals surface area contributed by atoms with Crippen molar-refractivity contribution in [2.75, 3.05) is 0 Å². The predicted octanol–water partition coefficient (Wildman–Crippen LogP) is 3.30. The first-order valence-corrected chi connectivity index (χ1v) is 6.51. The van der Waals surface area contributed by atoms with E-state index in [-0.39, 0.29) is 7.92 Å². The summed E-state index contributed by atoms with van der Waals surface area (Å²) in [6.07, 6.45) is 2.31. The molecule has 0 aliphatic heterocycles. The molecule has 0 aliphatic rings. The quantitative estimate of drug-likeness (QED) is 0.686. The SMILES string of the molecule is C[CH]P(c1ccccc1)c1ccccc1. The van der Waals surface area contributed by atoms with Gasteiger partial charge in [-0.05, 0) is 24.7 Å². The zero-order chi connectivity index (χ0) is 10.5. The first-order valence-electron chi connectivity index (χ1n) is 5.10. The molecule has 0 atom stereocenters. The van der Waals surface area contributed by atoms with Gasteiger partial charge in [0.2, 0.25) is 0 Å². The third kappa shape index (κ3) is 2.46. The van der Waals surface area contributed by atoms with E-state index in [4.69, 9.17) is 0 Å². The Balaban J connectivity index is 2.34. The van der Waals surface area contributed by atoms with Gasteiger partial charge in [0.25, 0.3) is 0 Å². The molecule has 0 saturated heterocycles. The van der Waals surface area contributed by atoms with E-state index in [0.717, 1.165) is 0 Å². The van der Waals surface area contributed by atoms with Crippen LogP contribution in [0.25, 0.3) is 0 Å². The molecular weight excluding hydrogens is 199 g/mol. The van der Waals surface area contributed by atoms with Crippen molar-refractivity contribution >= 4 is 18.5 Å². The van der Waals surface area contributed by atoms with Gasteiger partial charge in [0, 0.05) is 0 Å². The lowest BCUT2D eigenvalue weighted by Crippen LogP contribution is -2.10. The van der Waals surface area contributed by atoms with E-state index >= 15 is 0 Å². The maximum Gasteiger partial charge on any atom is -0.00861 e. The second-order valence-corrected chi connectivity index (χ2v) is 5.59. The molecule has 0 fully saturated rings. The summed E-state index contributed by atoms with van der Waals surface area (Å²) in [6, 6.07) is 21.4. The van der Waals surface area contributed by atoms with Crippen molar-refractivity contribution in [1.82, 2.24) is 0 Å². The zero-order valence-corrected chi connectivity index (χ0v) is 9.69. The molecule has 2 aromatic carbocycles. The Hall–Kier alpha value is -1.13. The molecule has 1 radical (unpaired) electrons. The smallest absolute Gasteiger partial charge is 0.00861 e. The molecule has 0 amide bonds. The van der Waals surface area contributed by atoms with Gasteiger partial charge < -0.3 is 0 Å². The Bertz CT molecular complexity index is 355. The minimum Gasteiger partial charge on any atom is -0.0622 e. The summed E-state index contributed by atoms with van der Waals surface area (Å²) < 4.78 is 0. The number of benzene rings is 2. The van der Waals surface area contributed by atoms with Crippen LogP contribution in [0.4, 0.5) is 0 Å². The van der Waals surface area contributed by atoms with Gasteiger partial charge in [-0.25, -0.2) is 0 Å². The van der Waals surface area contributed by atoms with E-state index in [2.05, 4.69) is 73.7 Å². The maximum absolute atomic E-state index is 2.31. The summed E-state index contributed by atoms with van der Waals surface area (Å²) in [6.45, 7) is 2.14. The van der Waals surface area contributed by atoms with E-state index in [1.54, 1.807) is 0 Å². The fraction of sp³-hybridized carbons (Fsp3) is 0.0714. The van der Waals surface area contributed by atoms with E-state index < -0.39 is 0 Å². The Morgan fingerprint density at radius 2 is 1.13 bits per heavy atom. The molecule has 0 saturated carbocycles. The Kier molecular flexibility index (Phi) is 3.53. The van der Waals surface area contributed by atoms with Crippen molar-refractivity contribution < 1.29 is 0 Å². The fourth-order valence-electron chi connectivity index (χ4n) is 1.62. The van der Waals surface area contributed by atoms with Gasteiger partial charge in [0.05, 0.1) is 0 Å². The highest BCUT2D eigenvalue weighted by Gasteiger charge is 2.09. The predicted molar refractivity (Wildman–Crippen MR) is 69.0 cm³/mol. The van der Waals surface area contributed by atoms with E-state index in [0.29, 0.717) is 0 Å². The first kappa shape index (κ1) is 10.4. The van der Waals surface area contributed by atoms with Crippen LogP contribution in [0.15, 0.2) is 60.7 Å². The van der Waals surface area contributed by atoms with Crippen LogP contribution in [-0.4, -0.2) is 0 Å². The largest absolute Gasteiger partial charge is 0.0622 e. The second-order valence-electron chi connectivity index (χ2n) is 3.30. The molecule has 0 heterocycles. The lowest BCUT2D eigenvalue weighted by Gasteiger charge is -2.15. The third-order valence-electron chi connectivity index (χ3n) is 2.33. The minimum atomic E-state index is -0.274. The van der Waals surface area contributed by atoms with Crippen molar-refractivity contribution in [3.63, 3.8) is 0 Å². The van der Waals surface area contributed by atoms with Gasteiger partial charge in [-0.1, -0.05) is 67.6 Å². The van der Waals surface area contributed by atoms with Gasteiger partial charge in [-0.2, -0.15) is 0 Å². The third-order valence-corrected chi connectivity index (χ3v) is 4.55. The highest BCUT2D eigenvalue weighted by Crippen LogP contribution is 2.35. The molecule has 0 nitrogen and oxygen atoms in total. The van der Waals surface area contributed by atoms with Gasteiger partial charge in [-0.15, -0.1) is 0 Å². The average Bonchev–Trinajstić information content (AvgIpc) is 2.33. The van der Waals surface area contributed by atoms with Crippen molar-refractivity contribution in [2.45, 2.75) is 6.92 Å². The van der Waals surface area contributed by atoms with Crippen LogP contribution >= 0.6 is 7.92 Å². The van der Waals surface area contributed by atoms with Crippen LogP contribution in [0.2, 0.25) is 0 Å². The zero-order valence-electron chi connectivity index (χ0n) is 8.80. The van der Waals surface area contributed by atoms with E-state index in [1.165, 1.54) is 10.6 Å². The number of rotatable bonds is 3. The molecule has 1 heteroatoms. The normalized spacial score (nSPS) is 10.5. The minimum absolute atomic E-state index is 0.274. The molecule has 0 bridgehead atoms. The van der Waals surface area contributed by atoms with E-state index in [9.17, 15) is 0 Å². The molecule has 0 aliphatic carbocycles. The first-order chi connectivity index (χ1) is 7.42. The molecule has 0 spiro atoms. The monoisotopic (exact) mass is 213 g/mol. The van der Waals surface area contributed by atoms with Gasteiger partial charge in [0.1, 0.15) is 0 Å². The number of hydrogen-bond acceptors (Lipinski definition) is 0. The molecule has 75 valence electrons. The molecule has 2 aromatic rings. The fourth-order valence-corrected chi connectivity index (χ4v) is 3.51. The Morgan fingerprint density at radius 1 is 0.733 bits per heavy atom. The molecular formula is C14H14P. The molecule has 0 N–H and O–H groups in total. The summed E-state index contributed by atoms with van der Waals surface area (Å²) in [5.41, 5.74) is 0. The summed E-state index contributed by atoms with van der Waals surface area (Å²) in [4.78, 5) is 0. The molecule has 15 heavy (non-hydrogen) atoms. The molecule has 0 aromatic heterocycles. The van der Waals surface area contributed by atoms with Crippen LogP contribution in [0.3, 0.4) is 0 Å². The Morgan fingerprint density at radius 3 is 1.47 bits per heavy atom. The highest BCUT2D eigenvalue weighted by atomic mass is 31.1. The van der Waals surface area contributed by atoms with Gasteiger partial charge >= 0.3 is 0 Å². The van der Waals surface area contributed by atoms with Crippen LogP contribution in [0.1, 0.15) is 6.92 Å². The van der Waals surface area contributed by atoms with Crippen molar-refractivity contribution in [3.8, 4) is 0 Å². The van der Waals surface area contributed by atoms with Crippen molar-refractivity contribution in [2.24, 2.45) is 0 Å². The van der Waals surface area contributed by atoms with Crippen LogP contribution in [0, 0.1) is 6.16 Å². The molecule has 0 unspecified atom stereocenters. The highest BCUT2D eigenvalue weighted by molar-refractivity contribution is 7.74. The van der Waals surface area contributed by atoms with E-state index in [1.807, 2.05) is 0 Å². The summed E-state index contributed by atoms with van der Waals surface area (Å²) in [5.74, 6) is 0. The lowest BCUT2D eigenvalue weighted by molar-refractivity contribution is 1.68. The summed E-state index contributed by atoms with van der Waals surface area (Å²) in [7, 11) is -0.274. The summed E-state index contributed by atoms with van der Waals surface area (Å²) in [5, 5.41) is 2.84. The maximum atomic E-state index is 2.31. The number of hydrogen-bond donors (Lipinski definition) is 0. The average molecular weight is 213 g/mol. The standard InChI is InChI=1S/C14H14P/c1-2-15(13-9-5-3-6-10-13)14-11-7-4-8-12-14/h2-12H,1H3. The second kappa shape index (κ2) is 5.09.